The fourth-order valence-electron chi connectivity index (χ4n) is 2.36. The van der Waals surface area contributed by atoms with Crippen molar-refractivity contribution in [3.05, 3.63) is 47.9 Å². The van der Waals surface area contributed by atoms with Crippen molar-refractivity contribution in [3.63, 3.8) is 0 Å². The number of allylic oxidation sites excluding steroid dienone is 1. The highest BCUT2D eigenvalue weighted by Crippen LogP contribution is 2.32. The van der Waals surface area contributed by atoms with Crippen molar-refractivity contribution >= 4 is 11.9 Å². The second-order valence-electron chi connectivity index (χ2n) is 5.38. The van der Waals surface area contributed by atoms with Crippen LogP contribution < -0.4 is 14.8 Å². The van der Waals surface area contributed by atoms with E-state index >= 15 is 0 Å². The van der Waals surface area contributed by atoms with Crippen LogP contribution in [0.25, 0.3) is 6.08 Å². The molecule has 120 valence electrons. The van der Waals surface area contributed by atoms with Gasteiger partial charge in [-0.3, -0.25) is 4.98 Å². The number of ether oxygens (including phenoxy) is 2. The summed E-state index contributed by atoms with van der Waals surface area (Å²) in [5.74, 6) is 2.38. The fourth-order valence-corrected chi connectivity index (χ4v) is 2.36. The lowest BCUT2D eigenvalue weighted by molar-refractivity contribution is 0.174. The standard InChI is InChI=1S/C18H21N3O2/c1-2-3-4-5-6-15-18(20-10-9-19-15)21-12-14-7-8-16-17(11-14)23-13-22-16/h5-11H,2-4,12-13H2,1H3,(H,20,21)/b6-5+. The van der Waals surface area contributed by atoms with E-state index in [0.717, 1.165) is 35.0 Å². The Morgan fingerprint density at radius 2 is 2.04 bits per heavy atom. The van der Waals surface area contributed by atoms with Crippen LogP contribution in [0.5, 0.6) is 11.5 Å². The number of rotatable bonds is 7. The van der Waals surface area contributed by atoms with E-state index in [1.165, 1.54) is 12.8 Å². The minimum absolute atomic E-state index is 0.295. The van der Waals surface area contributed by atoms with Crippen LogP contribution in [0.2, 0.25) is 0 Å². The average molecular weight is 311 g/mol. The zero-order valence-corrected chi connectivity index (χ0v) is 13.3. The van der Waals surface area contributed by atoms with Gasteiger partial charge in [0.05, 0.1) is 0 Å². The summed E-state index contributed by atoms with van der Waals surface area (Å²) in [6, 6.07) is 5.94. The van der Waals surface area contributed by atoms with E-state index in [9.17, 15) is 0 Å². The molecule has 0 saturated heterocycles. The quantitative estimate of drug-likeness (QED) is 0.783. The van der Waals surface area contributed by atoms with Gasteiger partial charge >= 0.3 is 0 Å². The van der Waals surface area contributed by atoms with Crippen molar-refractivity contribution < 1.29 is 9.47 Å². The summed E-state index contributed by atoms with van der Waals surface area (Å²) in [5.41, 5.74) is 1.98. The Bertz CT molecular complexity index is 686. The van der Waals surface area contributed by atoms with Crippen molar-refractivity contribution in [2.24, 2.45) is 0 Å². The van der Waals surface area contributed by atoms with Crippen molar-refractivity contribution in [1.82, 2.24) is 9.97 Å². The summed E-state index contributed by atoms with van der Waals surface area (Å²) in [7, 11) is 0. The largest absolute Gasteiger partial charge is 0.454 e. The maximum absolute atomic E-state index is 5.40. The molecule has 3 rings (SSSR count). The zero-order valence-electron chi connectivity index (χ0n) is 13.3. The number of unbranched alkanes of at least 4 members (excludes halogenated alkanes) is 2. The van der Waals surface area contributed by atoms with Gasteiger partial charge in [-0.05, 0) is 30.2 Å². The Kier molecular flexibility index (Phi) is 5.09. The molecule has 0 aliphatic carbocycles. The molecule has 23 heavy (non-hydrogen) atoms. The highest BCUT2D eigenvalue weighted by atomic mass is 16.7. The van der Waals surface area contributed by atoms with Crippen LogP contribution in [0.1, 0.15) is 37.4 Å². The third-order valence-corrected chi connectivity index (χ3v) is 3.62. The molecule has 5 nitrogen and oxygen atoms in total. The number of benzene rings is 1. The van der Waals surface area contributed by atoms with Gasteiger partial charge in [0, 0.05) is 18.9 Å². The van der Waals surface area contributed by atoms with E-state index in [-0.39, 0.29) is 0 Å². The normalized spacial score (nSPS) is 12.7. The van der Waals surface area contributed by atoms with Crippen LogP contribution in [-0.4, -0.2) is 16.8 Å². The van der Waals surface area contributed by atoms with Crippen LogP contribution in [0.3, 0.4) is 0 Å². The van der Waals surface area contributed by atoms with E-state index in [2.05, 4.69) is 28.3 Å². The van der Waals surface area contributed by atoms with Crippen LogP contribution in [0.4, 0.5) is 5.82 Å². The second-order valence-corrected chi connectivity index (χ2v) is 5.38. The number of nitrogens with zero attached hydrogens (tertiary/aromatic N) is 2. The lowest BCUT2D eigenvalue weighted by Crippen LogP contribution is -2.04. The van der Waals surface area contributed by atoms with E-state index in [0.29, 0.717) is 13.3 Å². The van der Waals surface area contributed by atoms with Gasteiger partial charge in [0.25, 0.3) is 0 Å². The zero-order chi connectivity index (χ0) is 15.9. The van der Waals surface area contributed by atoms with Crippen LogP contribution in [0.15, 0.2) is 36.7 Å². The molecule has 2 aromatic rings. The molecule has 5 heteroatoms. The Labute approximate surface area is 136 Å². The molecule has 1 N–H and O–H groups in total. The van der Waals surface area contributed by atoms with Gasteiger partial charge in [-0.25, -0.2) is 4.98 Å². The first-order valence-corrected chi connectivity index (χ1v) is 7.97. The Hall–Kier alpha value is -2.56. The van der Waals surface area contributed by atoms with E-state index in [4.69, 9.17) is 9.47 Å². The summed E-state index contributed by atoms with van der Waals surface area (Å²) >= 11 is 0. The lowest BCUT2D eigenvalue weighted by atomic mass is 10.2. The molecular weight excluding hydrogens is 290 g/mol. The molecule has 1 aromatic carbocycles. The molecule has 0 saturated carbocycles. The first-order valence-electron chi connectivity index (χ1n) is 7.97. The SMILES string of the molecule is CCCC/C=C/c1nccnc1NCc1ccc2c(c1)OCO2. The van der Waals surface area contributed by atoms with Gasteiger partial charge < -0.3 is 14.8 Å². The first kappa shape index (κ1) is 15.3. The number of aromatic nitrogens is 2. The van der Waals surface area contributed by atoms with Crippen molar-refractivity contribution in [1.29, 1.82) is 0 Å². The van der Waals surface area contributed by atoms with Crippen molar-refractivity contribution in [3.8, 4) is 11.5 Å². The molecule has 0 radical (unpaired) electrons. The van der Waals surface area contributed by atoms with Crippen molar-refractivity contribution in [2.45, 2.75) is 32.7 Å². The highest BCUT2D eigenvalue weighted by molar-refractivity contribution is 5.59. The Balaban J connectivity index is 1.65. The summed E-state index contributed by atoms with van der Waals surface area (Å²) in [4.78, 5) is 8.77. The minimum atomic E-state index is 0.295. The summed E-state index contributed by atoms with van der Waals surface area (Å²) < 4.78 is 10.7. The van der Waals surface area contributed by atoms with Gasteiger partial charge in [-0.1, -0.05) is 31.9 Å². The molecule has 0 fully saturated rings. The molecule has 2 heterocycles. The van der Waals surface area contributed by atoms with Gasteiger partial charge in [0.15, 0.2) is 17.3 Å². The average Bonchev–Trinajstić information content (AvgIpc) is 3.05. The van der Waals surface area contributed by atoms with Crippen LogP contribution >= 0.6 is 0 Å². The Morgan fingerprint density at radius 3 is 2.96 bits per heavy atom. The van der Waals surface area contributed by atoms with Gasteiger partial charge in [-0.15, -0.1) is 0 Å². The van der Waals surface area contributed by atoms with Gasteiger partial charge in [0.2, 0.25) is 6.79 Å². The molecule has 1 aliphatic rings. The van der Waals surface area contributed by atoms with E-state index < -0.39 is 0 Å². The summed E-state index contributed by atoms with van der Waals surface area (Å²) in [6.07, 6.45) is 11.0. The van der Waals surface area contributed by atoms with Crippen molar-refractivity contribution in [2.75, 3.05) is 12.1 Å². The molecule has 1 aliphatic heterocycles. The maximum Gasteiger partial charge on any atom is 0.231 e. The van der Waals surface area contributed by atoms with Crippen LogP contribution in [0, 0.1) is 0 Å². The smallest absolute Gasteiger partial charge is 0.231 e. The number of fused-ring (bicyclic) bond motifs is 1. The summed E-state index contributed by atoms with van der Waals surface area (Å²) in [5, 5.41) is 3.34. The van der Waals surface area contributed by atoms with E-state index in [1.54, 1.807) is 12.4 Å². The fraction of sp³-hybridized carbons (Fsp3) is 0.333. The third-order valence-electron chi connectivity index (χ3n) is 3.62. The maximum atomic E-state index is 5.40. The number of hydrogen-bond donors (Lipinski definition) is 1. The number of hydrogen-bond acceptors (Lipinski definition) is 5. The Morgan fingerprint density at radius 1 is 1.17 bits per heavy atom. The minimum Gasteiger partial charge on any atom is -0.454 e. The molecule has 0 atom stereocenters. The number of nitrogens with one attached hydrogen (secondary N) is 1. The third kappa shape index (κ3) is 4.00. The van der Waals surface area contributed by atoms with Gasteiger partial charge in [0.1, 0.15) is 5.69 Å². The molecule has 0 unspecified atom stereocenters. The number of anilines is 1. The molecule has 0 spiro atoms. The highest BCUT2D eigenvalue weighted by Gasteiger charge is 2.13. The first-order chi connectivity index (χ1) is 11.4. The summed E-state index contributed by atoms with van der Waals surface area (Å²) in [6.45, 7) is 3.14. The topological polar surface area (TPSA) is 56.3 Å². The predicted octanol–water partition coefficient (Wildman–Crippen LogP) is 4.02. The lowest BCUT2D eigenvalue weighted by Gasteiger charge is -2.08. The molecule has 0 bridgehead atoms. The monoisotopic (exact) mass is 311 g/mol. The van der Waals surface area contributed by atoms with E-state index in [1.807, 2.05) is 24.3 Å². The predicted molar refractivity (Wildman–Crippen MR) is 90.5 cm³/mol. The second kappa shape index (κ2) is 7.63. The van der Waals surface area contributed by atoms with Crippen LogP contribution in [-0.2, 0) is 6.54 Å². The molecular formula is C18H21N3O2. The molecule has 1 aromatic heterocycles. The van der Waals surface area contributed by atoms with Gasteiger partial charge in [-0.2, -0.15) is 0 Å². The molecule has 0 amide bonds.